The number of sulfonamides is 2. The first-order valence-corrected chi connectivity index (χ1v) is 49.2. The van der Waals surface area contributed by atoms with Gasteiger partial charge in [-0.15, -0.1) is 0 Å². The summed E-state index contributed by atoms with van der Waals surface area (Å²) in [5.41, 5.74) is 6.88. The van der Waals surface area contributed by atoms with Gasteiger partial charge in [0, 0.05) is 60.1 Å². The number of primary sulfonamides is 2. The van der Waals surface area contributed by atoms with Crippen molar-refractivity contribution in [3.8, 4) is 11.5 Å². The number of carbonyl (C=O) groups is 4. The lowest BCUT2D eigenvalue weighted by Gasteiger charge is -2.51. The van der Waals surface area contributed by atoms with E-state index in [0.717, 1.165) is 106 Å². The van der Waals surface area contributed by atoms with E-state index in [2.05, 4.69) is 135 Å². The van der Waals surface area contributed by atoms with Crippen LogP contribution in [0.25, 0.3) is 0 Å². The standard InChI is InChI=1S/2C46H56ClN3O7SSi/c2*1-45(2,3)59(36-13-7-5-8-14-36,37-15-9-6-10-16-37)57-42(28-43(51)49-24-25-58(48,53)54)38-20-17-34(38)29-50-30-46(23-11-12-32-26-35(47)19-21-39(32)46)31-56-41-22-18-33(27-40(41)50)44(52)55-4/h2*5-10,13-16,18-19,21-22,26-27,34,38,42H,11-12,17,20,23-25,28-31H2,1-4H3,(H,49,51)(H2,48,53,54)/t34-,38+,42+,46-;34-,38+,42-,46-/m00/s1. The van der Waals surface area contributed by atoms with Crippen LogP contribution in [0.2, 0.25) is 20.1 Å². The number of carbonyl (C=O) groups excluding carboxylic acids is 4. The summed E-state index contributed by atoms with van der Waals surface area (Å²) in [6.45, 7) is 16.8. The maximum Gasteiger partial charge on any atom is 0.337 e. The molecule has 2 fully saturated rings. The largest absolute Gasteiger partial charge is 0.490 e. The molecule has 6 aliphatic rings. The Balaban J connectivity index is 0.000000205. The predicted molar refractivity (Wildman–Crippen MR) is 472 cm³/mol. The fraction of sp³-hybridized carbons (Fsp3) is 0.435. The Morgan fingerprint density at radius 2 is 0.847 bits per heavy atom. The first kappa shape index (κ1) is 87.4. The zero-order chi connectivity index (χ0) is 84.0. The van der Waals surface area contributed by atoms with Crippen molar-refractivity contribution in [1.82, 2.24) is 10.6 Å². The zero-order valence-electron chi connectivity index (χ0n) is 68.8. The van der Waals surface area contributed by atoms with Gasteiger partial charge in [-0.05, 0) is 202 Å². The van der Waals surface area contributed by atoms with Crippen molar-refractivity contribution in [3.05, 3.63) is 238 Å². The molecule has 2 saturated carbocycles. The number of nitrogens with two attached hydrogens (primary N) is 2. The van der Waals surface area contributed by atoms with E-state index in [1.165, 1.54) is 36.5 Å². The highest BCUT2D eigenvalue weighted by molar-refractivity contribution is 7.89. The van der Waals surface area contributed by atoms with E-state index in [4.69, 9.17) is 61.3 Å². The van der Waals surface area contributed by atoms with Gasteiger partial charge < -0.3 is 48.2 Å². The van der Waals surface area contributed by atoms with E-state index in [9.17, 15) is 36.0 Å². The molecule has 628 valence electrons. The number of amides is 2. The van der Waals surface area contributed by atoms with Crippen molar-refractivity contribution < 1.29 is 63.8 Å². The van der Waals surface area contributed by atoms with Gasteiger partial charge in [-0.2, -0.15) is 0 Å². The molecular formula is C92H112Cl2N6O14S2Si2. The highest BCUT2D eigenvalue weighted by Gasteiger charge is 2.57. The van der Waals surface area contributed by atoms with E-state index in [0.29, 0.717) is 62.0 Å². The molecule has 2 spiro atoms. The minimum absolute atomic E-state index is 0.00884. The molecule has 20 nitrogen and oxygen atoms in total. The van der Waals surface area contributed by atoms with Gasteiger partial charge in [-0.1, -0.05) is 198 Å². The average molecular weight is 1720 g/mol. The third kappa shape index (κ3) is 19.3. The second-order valence-electron chi connectivity index (χ2n) is 35.0. The van der Waals surface area contributed by atoms with Gasteiger partial charge in [0.05, 0.1) is 86.5 Å². The third-order valence-electron chi connectivity index (χ3n) is 25.4. The lowest BCUT2D eigenvalue weighted by atomic mass is 9.68. The number of nitrogens with zero attached hydrogens (tertiary/aromatic N) is 2. The Kier molecular flexibility index (Phi) is 27.0. The molecule has 8 aromatic carbocycles. The molecule has 2 aliphatic heterocycles. The molecule has 0 radical (unpaired) electrons. The van der Waals surface area contributed by atoms with E-state index in [1.54, 1.807) is 12.1 Å². The molecule has 8 atom stereocenters. The summed E-state index contributed by atoms with van der Waals surface area (Å²) in [6.07, 6.45) is 8.41. The Bertz CT molecular complexity index is 4750. The van der Waals surface area contributed by atoms with Gasteiger partial charge in [0.1, 0.15) is 11.5 Å². The highest BCUT2D eigenvalue weighted by atomic mass is 35.5. The van der Waals surface area contributed by atoms with E-state index < -0.39 is 60.8 Å². The number of hydrogen-bond acceptors (Lipinski definition) is 16. The Morgan fingerprint density at radius 3 is 1.15 bits per heavy atom. The number of ether oxygens (including phenoxy) is 4. The monoisotopic (exact) mass is 1710 g/mol. The van der Waals surface area contributed by atoms with Gasteiger partial charge in [-0.3, -0.25) is 9.59 Å². The smallest absolute Gasteiger partial charge is 0.337 e. The topological polar surface area (TPSA) is 275 Å². The molecule has 0 bridgehead atoms. The summed E-state index contributed by atoms with van der Waals surface area (Å²) >= 11 is 13.0. The summed E-state index contributed by atoms with van der Waals surface area (Å²) in [5.74, 6) is -0.473. The number of halogens is 2. The molecule has 118 heavy (non-hydrogen) atoms. The van der Waals surface area contributed by atoms with Crippen LogP contribution in [0.1, 0.15) is 149 Å². The number of hydrogen-bond donors (Lipinski definition) is 4. The molecule has 4 aliphatic carbocycles. The summed E-state index contributed by atoms with van der Waals surface area (Å²) in [6, 6.07) is 65.0. The highest BCUT2D eigenvalue weighted by Crippen LogP contribution is 2.52. The minimum atomic E-state index is -3.76. The van der Waals surface area contributed by atoms with Crippen molar-refractivity contribution in [2.75, 3.05) is 88.0 Å². The Labute approximate surface area is 708 Å². The van der Waals surface area contributed by atoms with E-state index in [1.807, 2.05) is 109 Å². The van der Waals surface area contributed by atoms with Gasteiger partial charge in [0.25, 0.3) is 16.6 Å². The second-order valence-corrected chi connectivity index (χ2v) is 47.9. The molecule has 26 heteroatoms. The summed E-state index contributed by atoms with van der Waals surface area (Å²) in [5, 5.41) is 21.4. The number of aryl methyl sites for hydroxylation is 2. The zero-order valence-corrected chi connectivity index (χ0v) is 74.0. The molecule has 2 heterocycles. The second kappa shape index (κ2) is 36.5. The maximum atomic E-state index is 13.9. The van der Waals surface area contributed by atoms with Crippen molar-refractivity contribution in [2.24, 2.45) is 33.9 Å². The average Bonchev–Trinajstić information content (AvgIpc) is 0.900. The molecule has 2 amide bonds. The maximum absolute atomic E-state index is 13.9. The van der Waals surface area contributed by atoms with Gasteiger partial charge in [0.15, 0.2) is 0 Å². The SMILES string of the molecule is COC(=O)c1ccc2c(c1)N(C[C@@H]1CC[C@H]1[C@@H](CC(=O)NCCS(N)(=O)=O)O[Si](c1ccccc1)(c1ccccc1)C(C)(C)C)C[C@@]1(CCCc3cc(Cl)ccc31)CO2.COC(=O)c1ccc2c(c1)N(C[C@@H]1CC[C@H]1[C@H](CC(=O)NCCS(N)(=O)=O)O[Si](c1ccccc1)(c1ccccc1)C(C)(C)C)C[C@@]1(CCCc3cc(Cl)ccc31)CO2. The number of fused-ring (bicyclic) bond motifs is 6. The third-order valence-corrected chi connectivity index (χ3v) is 37.6. The van der Waals surface area contributed by atoms with Crippen LogP contribution >= 0.6 is 23.2 Å². The molecule has 0 unspecified atom stereocenters. The lowest BCUT2D eigenvalue weighted by molar-refractivity contribution is -0.125. The normalized spacial score (nSPS) is 20.9. The predicted octanol–water partition coefficient (Wildman–Crippen LogP) is 12.7. The first-order valence-electron chi connectivity index (χ1n) is 41.1. The number of anilines is 2. The van der Waals surface area contributed by atoms with Crippen molar-refractivity contribution in [1.29, 1.82) is 0 Å². The minimum Gasteiger partial charge on any atom is -0.490 e. The molecule has 14 rings (SSSR count). The Hall–Kier alpha value is -8.41. The van der Waals surface area contributed by atoms with Crippen LogP contribution < -0.4 is 60.9 Å². The van der Waals surface area contributed by atoms with Crippen molar-refractivity contribution >= 4 is 116 Å². The first-order chi connectivity index (χ1) is 56.2. The van der Waals surface area contributed by atoms with Crippen LogP contribution in [0, 0.1) is 23.7 Å². The molecule has 6 N–H and O–H groups in total. The van der Waals surface area contributed by atoms with Gasteiger partial charge in [-0.25, -0.2) is 36.7 Å². The molecular weight excluding hydrogens is 1600 g/mol. The summed E-state index contributed by atoms with van der Waals surface area (Å²) in [7, 11) is -11.0. The van der Waals surface area contributed by atoms with Crippen LogP contribution in [0.5, 0.6) is 11.5 Å². The fourth-order valence-electron chi connectivity index (χ4n) is 19.5. The fourth-order valence-corrected chi connectivity index (χ4v) is 30.1. The van der Waals surface area contributed by atoms with Crippen molar-refractivity contribution in [2.45, 2.75) is 152 Å². The summed E-state index contributed by atoms with van der Waals surface area (Å²) < 4.78 is 86.4. The Morgan fingerprint density at radius 1 is 0.500 bits per heavy atom. The van der Waals surface area contributed by atoms with Gasteiger partial charge in [0.2, 0.25) is 31.9 Å². The van der Waals surface area contributed by atoms with E-state index >= 15 is 0 Å². The molecule has 0 aromatic heterocycles. The number of nitrogens with one attached hydrogen (secondary N) is 2. The van der Waals surface area contributed by atoms with Crippen LogP contribution in [-0.4, -0.2) is 148 Å². The van der Waals surface area contributed by atoms with Crippen LogP contribution in [0.4, 0.5) is 11.4 Å². The van der Waals surface area contributed by atoms with Crippen molar-refractivity contribution in [3.63, 3.8) is 0 Å². The lowest BCUT2D eigenvalue weighted by Crippen LogP contribution is -2.69. The van der Waals surface area contributed by atoms with Crippen LogP contribution in [0.15, 0.2) is 194 Å². The van der Waals surface area contributed by atoms with Crippen LogP contribution in [-0.2, 0) is 71.6 Å². The van der Waals surface area contributed by atoms with E-state index in [-0.39, 0.29) is 93.8 Å². The quantitative estimate of drug-likeness (QED) is 0.0290. The number of benzene rings is 8. The molecule has 0 saturated heterocycles. The number of rotatable bonds is 26. The van der Waals surface area contributed by atoms with Crippen LogP contribution in [0.3, 0.4) is 0 Å². The van der Waals surface area contributed by atoms with Gasteiger partial charge >= 0.3 is 11.9 Å². The summed E-state index contributed by atoms with van der Waals surface area (Å²) in [4.78, 5) is 58.4. The number of esters is 2. The molecule has 8 aromatic rings. The number of methoxy groups -OCH3 is 2.